The summed E-state index contributed by atoms with van der Waals surface area (Å²) in [5.41, 5.74) is 1.34. The Morgan fingerprint density at radius 3 is 2.50 bits per heavy atom. The first-order valence-electron chi connectivity index (χ1n) is 9.97. The summed E-state index contributed by atoms with van der Waals surface area (Å²) in [6, 6.07) is 16.1. The van der Waals surface area contributed by atoms with Crippen molar-refractivity contribution in [1.82, 2.24) is 15.5 Å². The van der Waals surface area contributed by atoms with Gasteiger partial charge < -0.3 is 20.1 Å². The molecule has 2 N–H and O–H groups in total. The summed E-state index contributed by atoms with van der Waals surface area (Å²) in [7, 11) is 1.57. The van der Waals surface area contributed by atoms with Gasteiger partial charge in [0, 0.05) is 37.3 Å². The molecule has 1 aliphatic heterocycles. The van der Waals surface area contributed by atoms with Gasteiger partial charge in [-0.3, -0.25) is 14.5 Å². The summed E-state index contributed by atoms with van der Waals surface area (Å²) >= 11 is 0. The number of carbonyl (C=O) groups excluding carboxylic acids is 2. The van der Waals surface area contributed by atoms with E-state index in [0.717, 1.165) is 19.6 Å². The molecule has 2 amide bonds. The van der Waals surface area contributed by atoms with Crippen LogP contribution in [0.5, 0.6) is 5.75 Å². The van der Waals surface area contributed by atoms with Crippen molar-refractivity contribution in [3.8, 4) is 5.75 Å². The van der Waals surface area contributed by atoms with E-state index in [4.69, 9.17) is 9.47 Å². The van der Waals surface area contributed by atoms with Crippen LogP contribution in [-0.2, 0) is 9.53 Å². The Morgan fingerprint density at radius 2 is 1.77 bits per heavy atom. The number of rotatable bonds is 8. The van der Waals surface area contributed by atoms with Gasteiger partial charge in [0.1, 0.15) is 11.4 Å². The largest absolute Gasteiger partial charge is 0.496 e. The molecule has 7 nitrogen and oxygen atoms in total. The third-order valence-corrected chi connectivity index (χ3v) is 4.78. The normalized spacial score (nSPS) is 14.8. The molecular formula is C23H27N3O4. The van der Waals surface area contributed by atoms with Crippen molar-refractivity contribution < 1.29 is 19.1 Å². The molecule has 158 valence electrons. The minimum absolute atomic E-state index is 0.162. The van der Waals surface area contributed by atoms with Crippen LogP contribution in [0.1, 0.15) is 15.9 Å². The number of ether oxygens (including phenoxy) is 2. The molecule has 0 radical (unpaired) electrons. The highest BCUT2D eigenvalue weighted by molar-refractivity contribution is 6.05. The molecule has 0 saturated carbocycles. The highest BCUT2D eigenvalue weighted by Crippen LogP contribution is 2.20. The number of hydrogen-bond acceptors (Lipinski definition) is 5. The van der Waals surface area contributed by atoms with Crippen LogP contribution in [0.4, 0.5) is 0 Å². The molecule has 7 heteroatoms. The summed E-state index contributed by atoms with van der Waals surface area (Å²) in [5, 5.41) is 5.64. The third-order valence-electron chi connectivity index (χ3n) is 4.78. The van der Waals surface area contributed by atoms with Gasteiger partial charge in [0.25, 0.3) is 11.8 Å². The fraction of sp³-hybridized carbons (Fsp3) is 0.304. The number of nitrogens with zero attached hydrogens (tertiary/aromatic N) is 1. The average molecular weight is 409 g/mol. The van der Waals surface area contributed by atoms with Gasteiger partial charge in [-0.05, 0) is 24.3 Å². The van der Waals surface area contributed by atoms with Crippen molar-refractivity contribution in [2.45, 2.75) is 0 Å². The van der Waals surface area contributed by atoms with Crippen molar-refractivity contribution in [2.24, 2.45) is 0 Å². The summed E-state index contributed by atoms with van der Waals surface area (Å²) in [4.78, 5) is 27.7. The fourth-order valence-corrected chi connectivity index (χ4v) is 3.13. The topological polar surface area (TPSA) is 79.9 Å². The Balaban J connectivity index is 1.73. The van der Waals surface area contributed by atoms with E-state index in [2.05, 4.69) is 15.5 Å². The van der Waals surface area contributed by atoms with Crippen LogP contribution in [-0.4, -0.2) is 63.2 Å². The van der Waals surface area contributed by atoms with Gasteiger partial charge in [-0.25, -0.2) is 0 Å². The number of hydrogen-bond donors (Lipinski definition) is 2. The highest BCUT2D eigenvalue weighted by atomic mass is 16.5. The van der Waals surface area contributed by atoms with E-state index in [1.54, 1.807) is 43.5 Å². The van der Waals surface area contributed by atoms with Crippen LogP contribution < -0.4 is 15.4 Å². The number of nitrogens with one attached hydrogen (secondary N) is 2. The molecule has 0 atom stereocenters. The lowest BCUT2D eigenvalue weighted by Gasteiger charge is -2.26. The molecule has 1 heterocycles. The smallest absolute Gasteiger partial charge is 0.267 e. The van der Waals surface area contributed by atoms with Crippen LogP contribution in [0, 0.1) is 0 Å². The number of carbonyl (C=O) groups is 2. The molecule has 0 spiro atoms. The molecular weight excluding hydrogens is 382 g/mol. The Bertz CT molecular complexity index is 877. The van der Waals surface area contributed by atoms with E-state index >= 15 is 0 Å². The van der Waals surface area contributed by atoms with Crippen LogP contribution in [0.2, 0.25) is 0 Å². The second-order valence-electron chi connectivity index (χ2n) is 6.83. The quantitative estimate of drug-likeness (QED) is 0.651. The van der Waals surface area contributed by atoms with Crippen molar-refractivity contribution in [3.05, 3.63) is 71.4 Å². The zero-order valence-corrected chi connectivity index (χ0v) is 17.1. The zero-order valence-electron chi connectivity index (χ0n) is 17.1. The first-order valence-corrected chi connectivity index (χ1v) is 9.97. The fourth-order valence-electron chi connectivity index (χ4n) is 3.13. The second kappa shape index (κ2) is 11.1. The molecule has 0 unspecified atom stereocenters. The predicted octanol–water partition coefficient (Wildman–Crippen LogP) is 1.91. The lowest BCUT2D eigenvalue weighted by molar-refractivity contribution is -0.117. The standard InChI is InChI=1S/C23H27N3O4/c1-29-21-10-6-5-9-19(21)17-20(25-22(27)18-7-3-2-4-8-18)23(28)24-11-12-26-13-15-30-16-14-26/h2-10,17H,11-16H2,1H3,(H,24,28)(H,25,27)/b20-17+. The van der Waals surface area contributed by atoms with Crippen molar-refractivity contribution in [2.75, 3.05) is 46.5 Å². The predicted molar refractivity (Wildman–Crippen MR) is 115 cm³/mol. The zero-order chi connectivity index (χ0) is 21.2. The summed E-state index contributed by atoms with van der Waals surface area (Å²) in [5.74, 6) is -0.0800. The van der Waals surface area contributed by atoms with Crippen LogP contribution in [0.3, 0.4) is 0 Å². The van der Waals surface area contributed by atoms with Gasteiger partial charge in [0.2, 0.25) is 0 Å². The second-order valence-corrected chi connectivity index (χ2v) is 6.83. The first-order chi connectivity index (χ1) is 14.7. The molecule has 1 aliphatic rings. The third kappa shape index (κ3) is 6.17. The van der Waals surface area contributed by atoms with Gasteiger partial charge in [-0.2, -0.15) is 0 Å². The number of para-hydroxylation sites is 1. The van der Waals surface area contributed by atoms with Crippen molar-refractivity contribution >= 4 is 17.9 Å². The molecule has 30 heavy (non-hydrogen) atoms. The monoisotopic (exact) mass is 409 g/mol. The van der Waals surface area contributed by atoms with Crippen molar-refractivity contribution in [3.63, 3.8) is 0 Å². The molecule has 1 saturated heterocycles. The maximum atomic E-state index is 12.9. The Kier molecular flexibility index (Phi) is 8.00. The molecule has 0 aliphatic carbocycles. The minimum Gasteiger partial charge on any atom is -0.496 e. The van der Waals surface area contributed by atoms with Crippen LogP contribution in [0.15, 0.2) is 60.3 Å². The van der Waals surface area contributed by atoms with E-state index < -0.39 is 0 Å². The lowest BCUT2D eigenvalue weighted by atomic mass is 10.1. The number of morpholine rings is 1. The van der Waals surface area contributed by atoms with Gasteiger partial charge >= 0.3 is 0 Å². The highest BCUT2D eigenvalue weighted by Gasteiger charge is 2.16. The lowest BCUT2D eigenvalue weighted by Crippen LogP contribution is -2.42. The van der Waals surface area contributed by atoms with Gasteiger partial charge in [-0.15, -0.1) is 0 Å². The summed E-state index contributed by atoms with van der Waals surface area (Å²) in [6.45, 7) is 4.32. The Labute approximate surface area is 176 Å². The van der Waals surface area contributed by atoms with Crippen LogP contribution in [0.25, 0.3) is 6.08 Å². The first kappa shape index (κ1) is 21.5. The Hall–Kier alpha value is -3.16. The van der Waals surface area contributed by atoms with E-state index in [1.165, 1.54) is 0 Å². The SMILES string of the molecule is COc1ccccc1/C=C(/NC(=O)c1ccccc1)C(=O)NCCN1CCOCC1. The Morgan fingerprint density at radius 1 is 1.07 bits per heavy atom. The maximum absolute atomic E-state index is 12.9. The van der Waals surface area contributed by atoms with E-state index in [-0.39, 0.29) is 17.5 Å². The molecule has 0 bridgehead atoms. The molecule has 2 aromatic rings. The van der Waals surface area contributed by atoms with E-state index in [9.17, 15) is 9.59 Å². The maximum Gasteiger partial charge on any atom is 0.267 e. The molecule has 3 rings (SSSR count). The molecule has 2 aromatic carbocycles. The summed E-state index contributed by atoms with van der Waals surface area (Å²) in [6.07, 6.45) is 1.63. The number of benzene rings is 2. The molecule has 1 fully saturated rings. The number of amides is 2. The summed E-state index contributed by atoms with van der Waals surface area (Å²) < 4.78 is 10.7. The van der Waals surface area contributed by atoms with E-state index in [1.807, 2.05) is 24.3 Å². The average Bonchev–Trinajstić information content (AvgIpc) is 2.80. The number of methoxy groups -OCH3 is 1. The van der Waals surface area contributed by atoms with Crippen LogP contribution >= 0.6 is 0 Å². The molecule has 0 aromatic heterocycles. The minimum atomic E-state index is -0.349. The van der Waals surface area contributed by atoms with Gasteiger partial charge in [-0.1, -0.05) is 36.4 Å². The van der Waals surface area contributed by atoms with Gasteiger partial charge in [0.05, 0.1) is 20.3 Å². The van der Waals surface area contributed by atoms with E-state index in [0.29, 0.717) is 36.6 Å². The van der Waals surface area contributed by atoms with Crippen molar-refractivity contribution in [1.29, 1.82) is 0 Å². The van der Waals surface area contributed by atoms with Gasteiger partial charge in [0.15, 0.2) is 0 Å².